The second-order valence-corrected chi connectivity index (χ2v) is 7.57. The number of hydrogen-bond acceptors (Lipinski definition) is 3. The highest BCUT2D eigenvalue weighted by Crippen LogP contribution is 2.35. The molecule has 4 nitrogen and oxygen atoms in total. The number of nitrogens with zero attached hydrogens (tertiary/aromatic N) is 1. The number of rotatable bonds is 4. The summed E-state index contributed by atoms with van der Waals surface area (Å²) in [6.07, 6.45) is 0.749. The van der Waals surface area contributed by atoms with Crippen molar-refractivity contribution in [3.05, 3.63) is 34.9 Å². The van der Waals surface area contributed by atoms with E-state index in [-0.39, 0.29) is 6.09 Å². The van der Waals surface area contributed by atoms with E-state index in [1.165, 1.54) is 0 Å². The normalized spacial score (nSPS) is 19.7. The minimum absolute atomic E-state index is 0.220. The van der Waals surface area contributed by atoms with Crippen LogP contribution in [0.2, 0.25) is 5.02 Å². The van der Waals surface area contributed by atoms with Crippen molar-refractivity contribution in [2.45, 2.75) is 38.7 Å². The van der Waals surface area contributed by atoms with Crippen LogP contribution in [-0.4, -0.2) is 43.3 Å². The summed E-state index contributed by atoms with van der Waals surface area (Å²) in [5, 5.41) is 4.05. The van der Waals surface area contributed by atoms with E-state index < -0.39 is 5.60 Å². The number of carbonyl (C=O) groups excluding carboxylic acids is 1. The third kappa shape index (κ3) is 4.85. The third-order valence-corrected chi connectivity index (χ3v) is 4.52. The fourth-order valence-corrected chi connectivity index (χ4v) is 3.41. The Morgan fingerprint density at radius 2 is 2.13 bits per heavy atom. The molecule has 5 heteroatoms. The van der Waals surface area contributed by atoms with Crippen LogP contribution in [-0.2, 0) is 4.74 Å². The topological polar surface area (TPSA) is 41.6 Å². The molecule has 2 rings (SSSR count). The van der Waals surface area contributed by atoms with Crippen LogP contribution in [0, 0.1) is 5.92 Å². The Balaban J connectivity index is 2.08. The Morgan fingerprint density at radius 1 is 1.43 bits per heavy atom. The van der Waals surface area contributed by atoms with Crippen molar-refractivity contribution in [3.63, 3.8) is 0 Å². The Morgan fingerprint density at radius 3 is 2.74 bits per heavy atom. The van der Waals surface area contributed by atoms with E-state index in [0.717, 1.165) is 30.1 Å². The molecule has 0 radical (unpaired) electrons. The van der Waals surface area contributed by atoms with Crippen LogP contribution in [0.4, 0.5) is 4.79 Å². The lowest BCUT2D eigenvalue weighted by molar-refractivity contribution is 0.0286. The van der Waals surface area contributed by atoms with E-state index in [9.17, 15) is 4.79 Å². The number of nitrogens with one attached hydrogen (secondary N) is 1. The molecule has 0 aromatic heterocycles. The molecular formula is C18H27ClN2O2. The first-order valence-corrected chi connectivity index (χ1v) is 8.56. The Bertz CT molecular complexity index is 542. The molecule has 1 heterocycles. The molecule has 1 aromatic rings. The van der Waals surface area contributed by atoms with Crippen molar-refractivity contribution < 1.29 is 9.53 Å². The van der Waals surface area contributed by atoms with Crippen LogP contribution < -0.4 is 5.32 Å². The molecule has 1 fully saturated rings. The van der Waals surface area contributed by atoms with Crippen molar-refractivity contribution in [3.8, 4) is 0 Å². The molecule has 2 atom stereocenters. The van der Waals surface area contributed by atoms with Crippen molar-refractivity contribution in [2.24, 2.45) is 5.92 Å². The first-order chi connectivity index (χ1) is 10.8. The maximum absolute atomic E-state index is 12.3. The minimum atomic E-state index is -0.456. The molecule has 1 amide bonds. The summed E-state index contributed by atoms with van der Waals surface area (Å²) in [6.45, 7) is 7.98. The molecule has 1 saturated heterocycles. The summed E-state index contributed by atoms with van der Waals surface area (Å²) in [5.41, 5.74) is 0.696. The first kappa shape index (κ1) is 18.1. The average Bonchev–Trinajstić information content (AvgIpc) is 2.93. The Labute approximate surface area is 144 Å². The van der Waals surface area contributed by atoms with Gasteiger partial charge in [0.05, 0.1) is 0 Å². The lowest BCUT2D eigenvalue weighted by Crippen LogP contribution is -2.36. The molecule has 1 aromatic carbocycles. The maximum Gasteiger partial charge on any atom is 0.410 e. The number of hydrogen-bond donors (Lipinski definition) is 1. The van der Waals surface area contributed by atoms with Crippen molar-refractivity contribution in [2.75, 3.05) is 26.7 Å². The number of benzene rings is 1. The predicted molar refractivity (Wildman–Crippen MR) is 94.0 cm³/mol. The highest BCUT2D eigenvalue weighted by atomic mass is 35.5. The molecule has 0 bridgehead atoms. The fraction of sp³-hybridized carbons (Fsp3) is 0.611. The van der Waals surface area contributed by atoms with Crippen LogP contribution >= 0.6 is 11.6 Å². The van der Waals surface area contributed by atoms with Gasteiger partial charge >= 0.3 is 6.09 Å². The lowest BCUT2D eigenvalue weighted by atomic mass is 9.85. The van der Waals surface area contributed by atoms with Crippen molar-refractivity contribution in [1.29, 1.82) is 0 Å². The van der Waals surface area contributed by atoms with E-state index in [4.69, 9.17) is 16.3 Å². The van der Waals surface area contributed by atoms with Gasteiger partial charge in [0, 0.05) is 30.6 Å². The summed E-state index contributed by atoms with van der Waals surface area (Å²) in [4.78, 5) is 14.1. The standard InChI is InChI=1S/C18H27ClN2O2/c1-18(2,3)23-17(22)21-10-9-13(12-21)15(11-20-4)14-7-5-6-8-16(14)19/h5-8,13,15,20H,9-12H2,1-4H3. The van der Waals surface area contributed by atoms with Gasteiger partial charge in [0.1, 0.15) is 5.60 Å². The molecule has 0 aliphatic carbocycles. The zero-order valence-corrected chi connectivity index (χ0v) is 15.2. The van der Waals surface area contributed by atoms with Crippen LogP contribution in [0.3, 0.4) is 0 Å². The monoisotopic (exact) mass is 338 g/mol. The van der Waals surface area contributed by atoms with Gasteiger partial charge in [-0.1, -0.05) is 29.8 Å². The number of amides is 1. The first-order valence-electron chi connectivity index (χ1n) is 8.19. The summed E-state index contributed by atoms with van der Waals surface area (Å²) < 4.78 is 5.48. The van der Waals surface area contributed by atoms with E-state index in [0.29, 0.717) is 18.4 Å². The molecule has 23 heavy (non-hydrogen) atoms. The highest BCUT2D eigenvalue weighted by Gasteiger charge is 2.34. The lowest BCUT2D eigenvalue weighted by Gasteiger charge is -2.27. The minimum Gasteiger partial charge on any atom is -0.444 e. The summed E-state index contributed by atoms with van der Waals surface area (Å²) >= 11 is 6.39. The summed E-state index contributed by atoms with van der Waals surface area (Å²) in [6, 6.07) is 7.98. The van der Waals surface area contributed by atoms with Crippen LogP contribution in [0.25, 0.3) is 0 Å². The van der Waals surface area contributed by atoms with E-state index in [1.807, 2.05) is 50.9 Å². The van der Waals surface area contributed by atoms with Gasteiger partial charge in [-0.2, -0.15) is 0 Å². The number of carbonyl (C=O) groups is 1. The largest absolute Gasteiger partial charge is 0.444 e. The number of likely N-dealkylation sites (N-methyl/N-ethyl adjacent to an activating group) is 1. The SMILES string of the molecule is CNCC(c1ccccc1Cl)C1CCN(C(=O)OC(C)(C)C)C1. The van der Waals surface area contributed by atoms with Crippen LogP contribution in [0.5, 0.6) is 0 Å². The highest BCUT2D eigenvalue weighted by molar-refractivity contribution is 6.31. The van der Waals surface area contributed by atoms with Gasteiger partial charge in [-0.25, -0.2) is 4.79 Å². The molecule has 1 N–H and O–H groups in total. The zero-order valence-electron chi connectivity index (χ0n) is 14.4. The van der Waals surface area contributed by atoms with Crippen LogP contribution in [0.1, 0.15) is 38.7 Å². The average molecular weight is 339 g/mol. The predicted octanol–water partition coefficient (Wildman–Crippen LogP) is 3.90. The van der Waals surface area contributed by atoms with E-state index in [2.05, 4.69) is 11.4 Å². The molecule has 1 aliphatic heterocycles. The molecule has 1 aliphatic rings. The van der Waals surface area contributed by atoms with Gasteiger partial charge in [0.2, 0.25) is 0 Å². The quantitative estimate of drug-likeness (QED) is 0.905. The Kier molecular flexibility index (Phi) is 5.93. The molecule has 128 valence electrons. The van der Waals surface area contributed by atoms with Crippen molar-refractivity contribution >= 4 is 17.7 Å². The van der Waals surface area contributed by atoms with E-state index in [1.54, 1.807) is 0 Å². The van der Waals surface area contributed by atoms with Gasteiger partial charge in [-0.3, -0.25) is 0 Å². The molecule has 2 unspecified atom stereocenters. The van der Waals surface area contributed by atoms with Gasteiger partial charge in [-0.15, -0.1) is 0 Å². The molecule has 0 spiro atoms. The Hall–Kier alpha value is -1.26. The van der Waals surface area contributed by atoms with Gasteiger partial charge < -0.3 is 15.0 Å². The summed E-state index contributed by atoms with van der Waals surface area (Å²) in [5.74, 6) is 0.677. The third-order valence-electron chi connectivity index (χ3n) is 4.17. The van der Waals surface area contributed by atoms with Crippen molar-refractivity contribution in [1.82, 2.24) is 10.2 Å². The van der Waals surface area contributed by atoms with E-state index >= 15 is 0 Å². The second-order valence-electron chi connectivity index (χ2n) is 7.16. The van der Waals surface area contributed by atoms with Gasteiger partial charge in [0.25, 0.3) is 0 Å². The molecular weight excluding hydrogens is 312 g/mol. The van der Waals surface area contributed by atoms with Gasteiger partial charge in [0.15, 0.2) is 0 Å². The molecule has 0 saturated carbocycles. The number of halogens is 1. The number of ether oxygens (including phenoxy) is 1. The maximum atomic E-state index is 12.3. The van der Waals surface area contributed by atoms with Gasteiger partial charge in [-0.05, 0) is 51.8 Å². The second kappa shape index (κ2) is 7.54. The fourth-order valence-electron chi connectivity index (χ4n) is 3.13. The smallest absolute Gasteiger partial charge is 0.410 e. The number of likely N-dealkylation sites (tertiary alicyclic amines) is 1. The zero-order chi connectivity index (χ0) is 17.0. The summed E-state index contributed by atoms with van der Waals surface area (Å²) in [7, 11) is 1.95. The van der Waals surface area contributed by atoms with Crippen LogP contribution in [0.15, 0.2) is 24.3 Å².